The molecule has 0 aromatic heterocycles. The Morgan fingerprint density at radius 1 is 1.08 bits per heavy atom. The topological polar surface area (TPSA) is 66.8 Å². The number of carboxylic acids is 1. The summed E-state index contributed by atoms with van der Waals surface area (Å²) in [6, 6.07) is 11.7. The van der Waals surface area contributed by atoms with Gasteiger partial charge in [-0.1, -0.05) is 24.3 Å². The van der Waals surface area contributed by atoms with Gasteiger partial charge in [-0.15, -0.1) is 0 Å². The van der Waals surface area contributed by atoms with Crippen molar-refractivity contribution in [2.45, 2.75) is 39.2 Å². The lowest BCUT2D eigenvalue weighted by atomic mass is 9.96. The first-order chi connectivity index (χ1) is 11.8. The third kappa shape index (κ3) is 4.50. The van der Waals surface area contributed by atoms with E-state index in [2.05, 4.69) is 0 Å². The van der Waals surface area contributed by atoms with Crippen LogP contribution in [0.15, 0.2) is 36.4 Å². The highest BCUT2D eigenvalue weighted by molar-refractivity contribution is 5.88. The van der Waals surface area contributed by atoms with E-state index in [1.165, 1.54) is 0 Å². The molecular weight excluding hydrogens is 318 g/mol. The summed E-state index contributed by atoms with van der Waals surface area (Å²) >= 11 is 0. The SMILES string of the molecule is COc1ccc2cc([C@H](C)C(=O)N(CCC(=O)O)C(C)C)ccc2c1. The summed E-state index contributed by atoms with van der Waals surface area (Å²) in [5.74, 6) is -0.485. The van der Waals surface area contributed by atoms with Gasteiger partial charge < -0.3 is 14.7 Å². The number of aliphatic carboxylic acids is 1. The minimum atomic E-state index is -0.897. The Hall–Kier alpha value is -2.56. The van der Waals surface area contributed by atoms with Crippen LogP contribution in [0.1, 0.15) is 38.7 Å². The molecule has 134 valence electrons. The second-order valence-electron chi connectivity index (χ2n) is 6.46. The van der Waals surface area contributed by atoms with E-state index >= 15 is 0 Å². The van der Waals surface area contributed by atoms with Crippen molar-refractivity contribution >= 4 is 22.6 Å². The van der Waals surface area contributed by atoms with Gasteiger partial charge in [0.05, 0.1) is 19.4 Å². The van der Waals surface area contributed by atoms with Crippen LogP contribution in [-0.2, 0) is 9.59 Å². The largest absolute Gasteiger partial charge is 0.497 e. The highest BCUT2D eigenvalue weighted by Gasteiger charge is 2.24. The average molecular weight is 343 g/mol. The normalized spacial score (nSPS) is 12.2. The number of fused-ring (bicyclic) bond motifs is 1. The maximum atomic E-state index is 12.8. The molecule has 25 heavy (non-hydrogen) atoms. The summed E-state index contributed by atoms with van der Waals surface area (Å²) in [4.78, 5) is 25.3. The molecule has 0 heterocycles. The van der Waals surface area contributed by atoms with Gasteiger partial charge in [0.1, 0.15) is 5.75 Å². The van der Waals surface area contributed by atoms with E-state index in [-0.39, 0.29) is 30.8 Å². The lowest BCUT2D eigenvalue weighted by molar-refractivity contribution is -0.139. The Bertz CT molecular complexity index is 769. The quantitative estimate of drug-likeness (QED) is 0.833. The molecule has 0 bridgehead atoms. The summed E-state index contributed by atoms with van der Waals surface area (Å²) in [6.07, 6.45) is -0.0475. The first kappa shape index (κ1) is 18.8. The van der Waals surface area contributed by atoms with E-state index < -0.39 is 5.97 Å². The van der Waals surface area contributed by atoms with Crippen molar-refractivity contribution in [2.24, 2.45) is 0 Å². The van der Waals surface area contributed by atoms with Crippen LogP contribution >= 0.6 is 0 Å². The van der Waals surface area contributed by atoms with Gasteiger partial charge in [0.15, 0.2) is 0 Å². The van der Waals surface area contributed by atoms with E-state index in [1.807, 2.05) is 57.2 Å². The number of rotatable bonds is 7. The molecule has 2 rings (SSSR count). The molecule has 0 radical (unpaired) electrons. The molecule has 1 amide bonds. The van der Waals surface area contributed by atoms with Gasteiger partial charge in [0, 0.05) is 12.6 Å². The molecule has 0 fully saturated rings. The maximum absolute atomic E-state index is 12.8. The molecule has 1 atom stereocenters. The molecule has 0 aliphatic rings. The molecule has 0 saturated heterocycles. The Balaban J connectivity index is 2.25. The Labute approximate surface area is 148 Å². The van der Waals surface area contributed by atoms with Gasteiger partial charge in [0.25, 0.3) is 0 Å². The molecule has 0 aliphatic carbocycles. The van der Waals surface area contributed by atoms with E-state index in [1.54, 1.807) is 12.0 Å². The van der Waals surface area contributed by atoms with E-state index in [0.717, 1.165) is 22.1 Å². The average Bonchev–Trinajstić information content (AvgIpc) is 2.59. The van der Waals surface area contributed by atoms with E-state index in [9.17, 15) is 9.59 Å². The van der Waals surface area contributed by atoms with Crippen LogP contribution in [0.4, 0.5) is 0 Å². The number of amides is 1. The van der Waals surface area contributed by atoms with E-state index in [0.29, 0.717) is 0 Å². The minimum Gasteiger partial charge on any atom is -0.497 e. The van der Waals surface area contributed by atoms with E-state index in [4.69, 9.17) is 9.84 Å². The standard InChI is InChI=1S/C20H25NO4/c1-13(2)21(10-9-19(22)23)20(24)14(3)15-5-6-17-12-18(25-4)8-7-16(17)11-15/h5-8,11-14H,9-10H2,1-4H3,(H,22,23)/t14-/m0/s1. The first-order valence-electron chi connectivity index (χ1n) is 8.43. The number of carbonyl (C=O) groups is 2. The number of nitrogens with zero attached hydrogens (tertiary/aromatic N) is 1. The Morgan fingerprint density at radius 2 is 1.72 bits per heavy atom. The molecule has 0 saturated carbocycles. The number of methoxy groups -OCH3 is 1. The van der Waals surface area contributed by atoms with Crippen molar-refractivity contribution in [1.82, 2.24) is 4.90 Å². The molecular formula is C20H25NO4. The van der Waals surface area contributed by atoms with Gasteiger partial charge in [-0.3, -0.25) is 9.59 Å². The summed E-state index contributed by atoms with van der Waals surface area (Å²) in [7, 11) is 1.63. The zero-order valence-corrected chi connectivity index (χ0v) is 15.2. The van der Waals surface area contributed by atoms with Crippen LogP contribution in [0, 0.1) is 0 Å². The maximum Gasteiger partial charge on any atom is 0.305 e. The second kappa shape index (κ2) is 8.01. The van der Waals surface area contributed by atoms with Crippen molar-refractivity contribution in [3.63, 3.8) is 0 Å². The van der Waals surface area contributed by atoms with Crippen LogP contribution in [0.25, 0.3) is 10.8 Å². The zero-order chi connectivity index (χ0) is 18.6. The fraction of sp³-hybridized carbons (Fsp3) is 0.400. The minimum absolute atomic E-state index is 0.0426. The van der Waals surface area contributed by atoms with Crippen LogP contribution in [0.3, 0.4) is 0 Å². The Kier molecular flexibility index (Phi) is 6.02. The van der Waals surface area contributed by atoms with Crippen molar-refractivity contribution in [3.8, 4) is 5.75 Å². The smallest absolute Gasteiger partial charge is 0.305 e. The number of benzene rings is 2. The molecule has 2 aromatic carbocycles. The fourth-order valence-corrected chi connectivity index (χ4v) is 2.87. The monoisotopic (exact) mass is 343 g/mol. The molecule has 0 spiro atoms. The van der Waals surface area contributed by atoms with Crippen LogP contribution < -0.4 is 4.74 Å². The molecule has 0 aliphatic heterocycles. The molecule has 2 aromatic rings. The van der Waals surface area contributed by atoms with Crippen molar-refractivity contribution in [1.29, 1.82) is 0 Å². The number of carbonyl (C=O) groups excluding carboxylic acids is 1. The van der Waals surface area contributed by atoms with Gasteiger partial charge in [-0.05, 0) is 49.2 Å². The number of hydrogen-bond acceptors (Lipinski definition) is 3. The predicted molar refractivity (Wildman–Crippen MR) is 98.0 cm³/mol. The first-order valence-corrected chi connectivity index (χ1v) is 8.43. The molecule has 1 N–H and O–H groups in total. The highest BCUT2D eigenvalue weighted by atomic mass is 16.5. The van der Waals surface area contributed by atoms with Crippen LogP contribution in [0.2, 0.25) is 0 Å². The highest BCUT2D eigenvalue weighted by Crippen LogP contribution is 2.26. The van der Waals surface area contributed by atoms with Gasteiger partial charge in [0.2, 0.25) is 5.91 Å². The van der Waals surface area contributed by atoms with Crippen LogP contribution in [-0.4, -0.2) is 41.6 Å². The van der Waals surface area contributed by atoms with Gasteiger partial charge >= 0.3 is 5.97 Å². The lowest BCUT2D eigenvalue weighted by Crippen LogP contribution is -2.40. The molecule has 5 nitrogen and oxygen atoms in total. The van der Waals surface area contributed by atoms with Crippen molar-refractivity contribution in [2.75, 3.05) is 13.7 Å². The number of hydrogen-bond donors (Lipinski definition) is 1. The molecule has 5 heteroatoms. The summed E-state index contributed by atoms with van der Waals surface area (Å²) in [5, 5.41) is 11.0. The Morgan fingerprint density at radius 3 is 2.32 bits per heavy atom. The summed E-state index contributed by atoms with van der Waals surface area (Å²) in [5.41, 5.74) is 0.920. The van der Waals surface area contributed by atoms with Gasteiger partial charge in [-0.2, -0.15) is 0 Å². The number of carboxylic acid groups (broad SMARTS) is 1. The molecule has 0 unspecified atom stereocenters. The van der Waals surface area contributed by atoms with Crippen LogP contribution in [0.5, 0.6) is 5.75 Å². The van der Waals surface area contributed by atoms with Crippen molar-refractivity contribution in [3.05, 3.63) is 42.0 Å². The summed E-state index contributed by atoms with van der Waals surface area (Å²) in [6.45, 7) is 5.89. The third-order valence-corrected chi connectivity index (χ3v) is 4.41. The second-order valence-corrected chi connectivity index (χ2v) is 6.46. The third-order valence-electron chi connectivity index (χ3n) is 4.41. The zero-order valence-electron chi connectivity index (χ0n) is 15.2. The lowest BCUT2D eigenvalue weighted by Gasteiger charge is -2.29. The fourth-order valence-electron chi connectivity index (χ4n) is 2.87. The van der Waals surface area contributed by atoms with Gasteiger partial charge in [-0.25, -0.2) is 0 Å². The summed E-state index contributed by atoms with van der Waals surface area (Å²) < 4.78 is 5.23. The predicted octanol–water partition coefficient (Wildman–Crippen LogP) is 3.66. The number of ether oxygens (including phenoxy) is 1. The van der Waals surface area contributed by atoms with Crippen molar-refractivity contribution < 1.29 is 19.4 Å².